The lowest BCUT2D eigenvalue weighted by Crippen LogP contribution is -2.25. The van der Waals surface area contributed by atoms with E-state index in [1.165, 1.54) is 5.56 Å². The Labute approximate surface area is 127 Å². The van der Waals surface area contributed by atoms with Crippen LogP contribution >= 0.6 is 11.6 Å². The summed E-state index contributed by atoms with van der Waals surface area (Å²) in [6.07, 6.45) is 0. The Morgan fingerprint density at radius 3 is 2.25 bits per heavy atom. The van der Waals surface area contributed by atoms with Crippen LogP contribution in [0.4, 0.5) is 0 Å². The first-order valence-corrected chi connectivity index (χ1v) is 7.72. The second kappa shape index (κ2) is 5.23. The average molecular weight is 296 g/mol. The molecule has 0 saturated heterocycles. The molecule has 0 aliphatic heterocycles. The number of benzene rings is 1. The summed E-state index contributed by atoms with van der Waals surface area (Å²) in [7, 11) is 1.65. The molecule has 0 bridgehead atoms. The highest BCUT2D eigenvalue weighted by molar-refractivity contribution is 6.32. The van der Waals surface area contributed by atoms with Gasteiger partial charge in [0.15, 0.2) is 0 Å². The van der Waals surface area contributed by atoms with Gasteiger partial charge in [0.25, 0.3) is 0 Å². The zero-order valence-electron chi connectivity index (χ0n) is 13.4. The number of hydrogen-bond donors (Lipinski definition) is 1. The van der Waals surface area contributed by atoms with Crippen molar-refractivity contribution in [3.63, 3.8) is 0 Å². The van der Waals surface area contributed by atoms with E-state index in [9.17, 15) is 0 Å². The van der Waals surface area contributed by atoms with E-state index in [2.05, 4.69) is 46.0 Å². The van der Waals surface area contributed by atoms with Crippen LogP contribution in [0.5, 0.6) is 5.75 Å². The summed E-state index contributed by atoms with van der Waals surface area (Å²) in [5.41, 5.74) is 1.93. The molecule has 1 aromatic carbocycles. The molecule has 0 amide bonds. The van der Waals surface area contributed by atoms with Gasteiger partial charge in [-0.15, -0.1) is 0 Å². The third-order valence-electron chi connectivity index (χ3n) is 5.42. The van der Waals surface area contributed by atoms with Crippen molar-refractivity contribution in [3.05, 3.63) is 28.8 Å². The van der Waals surface area contributed by atoms with E-state index in [1.54, 1.807) is 7.11 Å². The first kappa shape index (κ1) is 15.7. The fourth-order valence-electron chi connectivity index (χ4n) is 3.60. The third-order valence-corrected chi connectivity index (χ3v) is 5.72. The number of nitrogens with one attached hydrogen (secondary N) is 1. The normalized spacial score (nSPS) is 21.6. The zero-order valence-corrected chi connectivity index (χ0v) is 14.1. The van der Waals surface area contributed by atoms with Gasteiger partial charge in [0.1, 0.15) is 5.75 Å². The molecule has 3 heteroatoms. The van der Waals surface area contributed by atoms with E-state index in [4.69, 9.17) is 16.3 Å². The highest BCUT2D eigenvalue weighted by Crippen LogP contribution is 2.72. The molecule has 0 aromatic heterocycles. The molecule has 112 valence electrons. The van der Waals surface area contributed by atoms with Crippen molar-refractivity contribution in [2.75, 3.05) is 13.7 Å². The van der Waals surface area contributed by atoms with Crippen LogP contribution < -0.4 is 10.1 Å². The molecule has 1 aliphatic rings. The summed E-state index contributed by atoms with van der Waals surface area (Å²) in [5.74, 6) is 1.35. The molecule has 1 aliphatic carbocycles. The van der Waals surface area contributed by atoms with E-state index in [0.717, 1.165) is 12.3 Å². The summed E-state index contributed by atoms with van der Waals surface area (Å²) in [6, 6.07) is 6.47. The maximum Gasteiger partial charge on any atom is 0.137 e. The Morgan fingerprint density at radius 2 is 1.85 bits per heavy atom. The van der Waals surface area contributed by atoms with Crippen LogP contribution in [0.2, 0.25) is 5.02 Å². The first-order valence-electron chi connectivity index (χ1n) is 7.34. The molecule has 1 unspecified atom stereocenters. The molecule has 0 radical (unpaired) electrons. The Bertz CT molecular complexity index is 482. The van der Waals surface area contributed by atoms with Crippen LogP contribution in [0, 0.1) is 16.7 Å². The molecule has 2 rings (SSSR count). The lowest BCUT2D eigenvalue weighted by atomic mass is 9.96. The Balaban J connectivity index is 2.33. The Kier molecular flexibility index (Phi) is 4.10. The van der Waals surface area contributed by atoms with E-state index in [-0.39, 0.29) is 0 Å². The highest BCUT2D eigenvalue weighted by atomic mass is 35.5. The maximum atomic E-state index is 6.29. The molecule has 1 atom stereocenters. The van der Waals surface area contributed by atoms with Gasteiger partial charge >= 0.3 is 0 Å². The summed E-state index contributed by atoms with van der Waals surface area (Å²) < 4.78 is 5.25. The van der Waals surface area contributed by atoms with Crippen LogP contribution in [0.1, 0.15) is 46.2 Å². The topological polar surface area (TPSA) is 21.3 Å². The second-order valence-corrected chi connectivity index (χ2v) is 7.26. The van der Waals surface area contributed by atoms with Crippen molar-refractivity contribution in [3.8, 4) is 5.75 Å². The maximum absolute atomic E-state index is 6.29. The van der Waals surface area contributed by atoms with Crippen molar-refractivity contribution in [2.24, 2.45) is 16.7 Å². The summed E-state index contributed by atoms with van der Waals surface area (Å²) in [5, 5.41) is 4.32. The predicted octanol–water partition coefficient (Wildman–Crippen LogP) is 4.68. The standard InChI is InChI=1S/C17H26ClNO/c1-7-19-14(15-16(2,3)17(15,4)5)11-8-9-13(20-6)12(18)10-11/h8-10,14-15,19H,7H2,1-6H3. The Morgan fingerprint density at radius 1 is 1.25 bits per heavy atom. The van der Waals surface area contributed by atoms with Gasteiger partial charge in [-0.1, -0.05) is 52.3 Å². The monoisotopic (exact) mass is 295 g/mol. The van der Waals surface area contributed by atoms with E-state index in [0.29, 0.717) is 27.8 Å². The molecule has 1 N–H and O–H groups in total. The number of rotatable bonds is 5. The molecule has 20 heavy (non-hydrogen) atoms. The van der Waals surface area contributed by atoms with Crippen molar-refractivity contribution in [2.45, 2.75) is 40.7 Å². The summed E-state index contributed by atoms with van der Waals surface area (Å²) >= 11 is 6.29. The Hall–Kier alpha value is -0.730. The summed E-state index contributed by atoms with van der Waals surface area (Å²) in [6.45, 7) is 12.5. The van der Waals surface area contributed by atoms with Gasteiger partial charge in [-0.3, -0.25) is 0 Å². The molecule has 0 spiro atoms. The van der Waals surface area contributed by atoms with Gasteiger partial charge in [0.05, 0.1) is 12.1 Å². The average Bonchev–Trinajstić information content (AvgIpc) is 2.77. The molecule has 0 heterocycles. The molecule has 2 nitrogen and oxygen atoms in total. The number of ether oxygens (including phenoxy) is 1. The van der Waals surface area contributed by atoms with Crippen molar-refractivity contribution >= 4 is 11.6 Å². The van der Waals surface area contributed by atoms with Gasteiger partial charge < -0.3 is 10.1 Å². The quantitative estimate of drug-likeness (QED) is 0.851. The van der Waals surface area contributed by atoms with E-state index in [1.807, 2.05) is 12.1 Å². The van der Waals surface area contributed by atoms with Crippen LogP contribution in [0.3, 0.4) is 0 Å². The second-order valence-electron chi connectivity index (χ2n) is 6.85. The molecule has 1 saturated carbocycles. The number of methoxy groups -OCH3 is 1. The van der Waals surface area contributed by atoms with Gasteiger partial charge in [0.2, 0.25) is 0 Å². The SMILES string of the molecule is CCNC(c1ccc(OC)c(Cl)c1)C1C(C)(C)C1(C)C. The fourth-order valence-corrected chi connectivity index (χ4v) is 3.87. The van der Waals surface area contributed by atoms with Crippen molar-refractivity contribution < 1.29 is 4.74 Å². The molecular formula is C17H26ClNO. The lowest BCUT2D eigenvalue weighted by Gasteiger charge is -2.21. The van der Waals surface area contributed by atoms with Crippen molar-refractivity contribution in [1.82, 2.24) is 5.32 Å². The van der Waals surface area contributed by atoms with Crippen LogP contribution in [0.15, 0.2) is 18.2 Å². The molecule has 1 fully saturated rings. The largest absolute Gasteiger partial charge is 0.495 e. The minimum absolute atomic E-state index is 0.340. The van der Waals surface area contributed by atoms with E-state index >= 15 is 0 Å². The highest BCUT2D eigenvalue weighted by Gasteiger charge is 2.67. The lowest BCUT2D eigenvalue weighted by molar-refractivity contribution is 0.408. The van der Waals surface area contributed by atoms with Crippen molar-refractivity contribution in [1.29, 1.82) is 0 Å². The number of hydrogen-bond acceptors (Lipinski definition) is 2. The fraction of sp³-hybridized carbons (Fsp3) is 0.647. The van der Waals surface area contributed by atoms with Crippen LogP contribution in [-0.4, -0.2) is 13.7 Å². The predicted molar refractivity (Wildman–Crippen MR) is 85.5 cm³/mol. The minimum atomic E-state index is 0.340. The summed E-state index contributed by atoms with van der Waals surface area (Å²) in [4.78, 5) is 0. The zero-order chi connectivity index (χ0) is 15.1. The van der Waals surface area contributed by atoms with Gasteiger partial charge in [-0.05, 0) is 41.0 Å². The van der Waals surface area contributed by atoms with Gasteiger partial charge in [0, 0.05) is 6.04 Å². The minimum Gasteiger partial charge on any atom is -0.495 e. The van der Waals surface area contributed by atoms with Crippen LogP contribution in [-0.2, 0) is 0 Å². The molecule has 1 aromatic rings. The van der Waals surface area contributed by atoms with E-state index < -0.39 is 0 Å². The third kappa shape index (κ3) is 2.33. The molecular weight excluding hydrogens is 270 g/mol. The van der Waals surface area contributed by atoms with Gasteiger partial charge in [-0.25, -0.2) is 0 Å². The van der Waals surface area contributed by atoms with Crippen LogP contribution in [0.25, 0.3) is 0 Å². The number of halogens is 1. The van der Waals surface area contributed by atoms with Gasteiger partial charge in [-0.2, -0.15) is 0 Å². The first-order chi connectivity index (χ1) is 9.27. The smallest absolute Gasteiger partial charge is 0.137 e.